The molecule has 160 valence electrons. The second kappa shape index (κ2) is 8.34. The van der Waals surface area contributed by atoms with Gasteiger partial charge < -0.3 is 19.9 Å². The summed E-state index contributed by atoms with van der Waals surface area (Å²) < 4.78 is 10.3. The summed E-state index contributed by atoms with van der Waals surface area (Å²) in [5.74, 6) is -3.28. The molecule has 1 aliphatic carbocycles. The van der Waals surface area contributed by atoms with Crippen LogP contribution in [-0.4, -0.2) is 36.0 Å². The van der Waals surface area contributed by atoms with Crippen LogP contribution in [-0.2, 0) is 23.9 Å². The first-order valence-electron chi connectivity index (χ1n) is 9.98. The average Bonchev–Trinajstić information content (AvgIpc) is 2.66. The summed E-state index contributed by atoms with van der Waals surface area (Å²) in [6.07, 6.45) is 0.137. The van der Waals surface area contributed by atoms with Crippen molar-refractivity contribution in [1.29, 1.82) is 0 Å². The fourth-order valence-electron chi connectivity index (χ4n) is 4.23. The third-order valence-electron chi connectivity index (χ3n) is 5.53. The largest absolute Gasteiger partial charge is 0.508 e. The molecule has 1 aromatic rings. The zero-order valence-corrected chi connectivity index (χ0v) is 17.8. The van der Waals surface area contributed by atoms with Crippen molar-refractivity contribution >= 4 is 17.7 Å². The summed E-state index contributed by atoms with van der Waals surface area (Å²) in [6, 6.07) is 6.35. The van der Waals surface area contributed by atoms with Crippen LogP contribution in [0.15, 0.2) is 46.8 Å². The molecule has 2 aliphatic rings. The molecule has 7 heteroatoms. The lowest BCUT2D eigenvalue weighted by atomic mass is 9.69. The molecule has 0 radical (unpaired) electrons. The predicted octanol–water partition coefficient (Wildman–Crippen LogP) is 2.96. The van der Waals surface area contributed by atoms with E-state index in [4.69, 9.17) is 9.47 Å². The van der Waals surface area contributed by atoms with E-state index in [1.165, 1.54) is 19.2 Å². The Morgan fingerprint density at radius 1 is 1.20 bits per heavy atom. The highest BCUT2D eigenvalue weighted by atomic mass is 16.5. The Hall–Kier alpha value is -3.09. The van der Waals surface area contributed by atoms with Crippen molar-refractivity contribution in [1.82, 2.24) is 5.32 Å². The summed E-state index contributed by atoms with van der Waals surface area (Å²) >= 11 is 0. The van der Waals surface area contributed by atoms with Gasteiger partial charge in [-0.3, -0.25) is 9.59 Å². The van der Waals surface area contributed by atoms with Crippen molar-refractivity contribution in [2.24, 2.45) is 11.8 Å². The van der Waals surface area contributed by atoms with E-state index in [2.05, 4.69) is 5.32 Å². The fraction of sp³-hybridized carbons (Fsp3) is 0.435. The summed E-state index contributed by atoms with van der Waals surface area (Å²) in [5.41, 5.74) is 2.65. The van der Waals surface area contributed by atoms with E-state index in [1.54, 1.807) is 32.9 Å². The van der Waals surface area contributed by atoms with Gasteiger partial charge in [-0.25, -0.2) is 4.79 Å². The van der Waals surface area contributed by atoms with Gasteiger partial charge in [0.1, 0.15) is 11.7 Å². The lowest BCUT2D eigenvalue weighted by molar-refractivity contribution is -0.151. The highest BCUT2D eigenvalue weighted by molar-refractivity contribution is 6.12. The Morgan fingerprint density at radius 3 is 2.40 bits per heavy atom. The van der Waals surface area contributed by atoms with Crippen molar-refractivity contribution in [2.75, 3.05) is 7.11 Å². The number of methoxy groups -OCH3 is 1. The molecule has 0 amide bonds. The monoisotopic (exact) mass is 413 g/mol. The third kappa shape index (κ3) is 3.84. The van der Waals surface area contributed by atoms with E-state index >= 15 is 0 Å². The molecule has 0 unspecified atom stereocenters. The van der Waals surface area contributed by atoms with Crippen LogP contribution in [0, 0.1) is 11.8 Å². The van der Waals surface area contributed by atoms with Crippen LogP contribution >= 0.6 is 0 Å². The second-order valence-electron chi connectivity index (χ2n) is 8.08. The number of hydrogen-bond acceptors (Lipinski definition) is 7. The number of dihydropyridines is 1. The van der Waals surface area contributed by atoms with E-state index in [-0.39, 0.29) is 23.6 Å². The molecule has 2 N–H and O–H groups in total. The normalized spacial score (nSPS) is 23.8. The summed E-state index contributed by atoms with van der Waals surface area (Å²) in [4.78, 5) is 38.8. The number of carbonyl (C=O) groups excluding carboxylic acids is 3. The number of carbonyl (C=O) groups is 3. The number of Topliss-reactive ketones (excluding diaryl/α,β-unsaturated/α-hetero) is 1. The van der Waals surface area contributed by atoms with Gasteiger partial charge in [0.25, 0.3) is 0 Å². The molecule has 3 atom stereocenters. The first kappa shape index (κ1) is 21.6. The average molecular weight is 413 g/mol. The lowest BCUT2D eigenvalue weighted by Crippen LogP contribution is -2.43. The molecular weight excluding hydrogens is 386 g/mol. The van der Waals surface area contributed by atoms with Gasteiger partial charge in [-0.05, 0) is 50.8 Å². The van der Waals surface area contributed by atoms with E-state index in [0.717, 1.165) is 0 Å². The number of allylic oxidation sites excluding steroid dienone is 3. The Balaban J connectivity index is 2.17. The van der Waals surface area contributed by atoms with Crippen molar-refractivity contribution in [3.63, 3.8) is 0 Å². The minimum Gasteiger partial charge on any atom is -0.508 e. The number of phenols is 1. The number of ketones is 1. The summed E-state index contributed by atoms with van der Waals surface area (Å²) in [7, 11) is 1.26. The van der Waals surface area contributed by atoms with Gasteiger partial charge in [-0.1, -0.05) is 19.1 Å². The molecule has 0 saturated carbocycles. The van der Waals surface area contributed by atoms with Gasteiger partial charge >= 0.3 is 11.9 Å². The maximum atomic E-state index is 13.5. The van der Waals surface area contributed by atoms with Crippen LogP contribution in [0.25, 0.3) is 0 Å². The maximum absolute atomic E-state index is 13.5. The van der Waals surface area contributed by atoms with Crippen molar-refractivity contribution in [3.05, 3.63) is 52.4 Å². The Bertz CT molecular complexity index is 941. The molecule has 0 bridgehead atoms. The quantitative estimate of drug-likeness (QED) is 0.578. The molecule has 0 saturated heterocycles. The number of aromatic hydroxyl groups is 1. The topological polar surface area (TPSA) is 102 Å². The van der Waals surface area contributed by atoms with Crippen LogP contribution in [0.5, 0.6) is 5.75 Å². The maximum Gasteiger partial charge on any atom is 0.337 e. The van der Waals surface area contributed by atoms with E-state index in [9.17, 15) is 19.5 Å². The summed E-state index contributed by atoms with van der Waals surface area (Å²) in [5, 5.41) is 12.9. The standard InChI is InChI=1S/C23H27NO6/c1-11(2)30-23(28)18-13(4)24-16-10-12(3)17(22(27)29-5)21(26)20(16)19(18)14-6-8-15(25)9-7-14/h6-9,11-12,17,19,24-25H,10H2,1-5H3/t12-,17+,19+/m0/s1. The number of ether oxygens (including phenoxy) is 2. The van der Waals surface area contributed by atoms with Gasteiger partial charge in [0.15, 0.2) is 5.78 Å². The number of benzene rings is 1. The van der Waals surface area contributed by atoms with Gasteiger partial charge in [-0.2, -0.15) is 0 Å². The van der Waals surface area contributed by atoms with Crippen LogP contribution in [0.4, 0.5) is 0 Å². The highest BCUT2D eigenvalue weighted by Gasteiger charge is 2.47. The van der Waals surface area contributed by atoms with Gasteiger partial charge in [0.05, 0.1) is 18.8 Å². The Labute approximate surface area is 175 Å². The van der Waals surface area contributed by atoms with Crippen molar-refractivity contribution < 1.29 is 29.0 Å². The predicted molar refractivity (Wildman–Crippen MR) is 109 cm³/mol. The number of hydrogen-bond donors (Lipinski definition) is 2. The fourth-order valence-corrected chi connectivity index (χ4v) is 4.23. The molecule has 0 fully saturated rings. The smallest absolute Gasteiger partial charge is 0.337 e. The molecule has 3 rings (SSSR count). The number of rotatable bonds is 4. The number of nitrogens with one attached hydrogen (secondary N) is 1. The molecule has 1 aromatic carbocycles. The second-order valence-corrected chi connectivity index (χ2v) is 8.08. The third-order valence-corrected chi connectivity index (χ3v) is 5.53. The minimum absolute atomic E-state index is 0.0740. The lowest BCUT2D eigenvalue weighted by Gasteiger charge is -2.38. The minimum atomic E-state index is -0.934. The number of esters is 2. The van der Waals surface area contributed by atoms with Crippen LogP contribution in [0.3, 0.4) is 0 Å². The molecule has 1 heterocycles. The highest BCUT2D eigenvalue weighted by Crippen LogP contribution is 2.45. The molecular formula is C23H27NO6. The first-order valence-corrected chi connectivity index (χ1v) is 9.98. The Morgan fingerprint density at radius 2 is 1.83 bits per heavy atom. The Kier molecular flexibility index (Phi) is 6.01. The van der Waals surface area contributed by atoms with E-state index in [1.807, 2.05) is 6.92 Å². The van der Waals surface area contributed by atoms with E-state index in [0.29, 0.717) is 34.5 Å². The van der Waals surface area contributed by atoms with Gasteiger partial charge in [0.2, 0.25) is 0 Å². The van der Waals surface area contributed by atoms with E-state index < -0.39 is 23.8 Å². The molecule has 30 heavy (non-hydrogen) atoms. The zero-order chi connectivity index (χ0) is 22.2. The van der Waals surface area contributed by atoms with Gasteiger partial charge in [-0.15, -0.1) is 0 Å². The summed E-state index contributed by atoms with van der Waals surface area (Å²) in [6.45, 7) is 7.12. The number of phenolic OH excluding ortho intramolecular Hbond substituents is 1. The van der Waals surface area contributed by atoms with Crippen LogP contribution in [0.2, 0.25) is 0 Å². The first-order chi connectivity index (χ1) is 14.1. The van der Waals surface area contributed by atoms with Gasteiger partial charge in [0, 0.05) is 22.9 Å². The molecule has 0 spiro atoms. The van der Waals surface area contributed by atoms with Crippen molar-refractivity contribution in [3.8, 4) is 5.75 Å². The van der Waals surface area contributed by atoms with Crippen molar-refractivity contribution in [2.45, 2.75) is 46.1 Å². The van der Waals surface area contributed by atoms with Crippen LogP contribution < -0.4 is 5.32 Å². The zero-order valence-electron chi connectivity index (χ0n) is 17.8. The SMILES string of the molecule is COC(=O)[C@H]1C(=O)C2=C(C[C@@H]1C)NC(C)=C(C(=O)OC(C)C)[C@H]2c1ccc(O)cc1. The van der Waals surface area contributed by atoms with Crippen LogP contribution in [0.1, 0.15) is 45.6 Å². The molecule has 7 nitrogen and oxygen atoms in total. The molecule has 1 aliphatic heterocycles. The molecule has 0 aromatic heterocycles.